The van der Waals surface area contributed by atoms with E-state index in [1.807, 2.05) is 11.8 Å². The fraction of sp³-hybridized carbons (Fsp3) is 0.579. The van der Waals surface area contributed by atoms with Crippen LogP contribution in [0, 0.1) is 5.92 Å². The quantitative estimate of drug-likeness (QED) is 0.798. The van der Waals surface area contributed by atoms with Crippen LogP contribution in [-0.2, 0) is 31.6 Å². The third-order valence-electron chi connectivity index (χ3n) is 5.73. The molecule has 2 aromatic rings. The van der Waals surface area contributed by atoms with Gasteiger partial charge in [0.15, 0.2) is 0 Å². The molecular formula is C19H22N4O3S. The molecule has 3 aliphatic rings. The van der Waals surface area contributed by atoms with Gasteiger partial charge in [-0.1, -0.05) is 5.16 Å². The Morgan fingerprint density at radius 3 is 2.96 bits per heavy atom. The summed E-state index contributed by atoms with van der Waals surface area (Å²) in [6.07, 6.45) is 4.90. The maximum atomic E-state index is 12.7. The van der Waals surface area contributed by atoms with Gasteiger partial charge in [-0.05, 0) is 37.0 Å². The normalized spacial score (nSPS) is 19.3. The highest BCUT2D eigenvalue weighted by Gasteiger charge is 2.36. The minimum absolute atomic E-state index is 0.0367. The molecule has 4 heterocycles. The molecule has 0 aromatic carbocycles. The lowest BCUT2D eigenvalue weighted by molar-refractivity contribution is 0.0416. The van der Waals surface area contributed by atoms with Crippen LogP contribution in [-0.4, -0.2) is 44.6 Å². The van der Waals surface area contributed by atoms with Crippen molar-refractivity contribution in [3.05, 3.63) is 44.7 Å². The Morgan fingerprint density at radius 2 is 2.07 bits per heavy atom. The van der Waals surface area contributed by atoms with Crippen LogP contribution in [0.2, 0.25) is 0 Å². The maximum Gasteiger partial charge on any atom is 0.292 e. The van der Waals surface area contributed by atoms with Crippen molar-refractivity contribution in [2.45, 2.75) is 44.4 Å². The van der Waals surface area contributed by atoms with E-state index in [0.717, 1.165) is 66.1 Å². The van der Waals surface area contributed by atoms with Crippen molar-refractivity contribution in [1.82, 2.24) is 19.8 Å². The molecule has 8 heteroatoms. The molecule has 2 aliphatic heterocycles. The number of aryl methyl sites for hydroxylation is 2. The second-order valence-corrected chi connectivity index (χ2v) is 8.76. The number of amides is 1. The van der Waals surface area contributed by atoms with Crippen molar-refractivity contribution in [2.24, 2.45) is 5.92 Å². The summed E-state index contributed by atoms with van der Waals surface area (Å²) in [5.41, 5.74) is 4.04. The van der Waals surface area contributed by atoms with Gasteiger partial charge in [0.05, 0.1) is 17.9 Å². The minimum Gasteiger partial charge on any atom is -0.350 e. The van der Waals surface area contributed by atoms with E-state index in [4.69, 9.17) is 4.52 Å². The molecule has 0 radical (unpaired) electrons. The molecule has 1 fully saturated rings. The van der Waals surface area contributed by atoms with Gasteiger partial charge in [0.2, 0.25) is 5.76 Å². The van der Waals surface area contributed by atoms with Crippen molar-refractivity contribution < 1.29 is 9.32 Å². The summed E-state index contributed by atoms with van der Waals surface area (Å²) in [6.45, 7) is 1.84. The third-order valence-corrected chi connectivity index (χ3v) is 6.74. The second kappa shape index (κ2) is 6.82. The third kappa shape index (κ3) is 3.09. The van der Waals surface area contributed by atoms with Gasteiger partial charge in [-0.25, -0.2) is 4.68 Å². The first-order valence-electron chi connectivity index (χ1n) is 9.63. The van der Waals surface area contributed by atoms with Gasteiger partial charge in [-0.2, -0.15) is 16.9 Å². The Balaban J connectivity index is 1.24. The monoisotopic (exact) mass is 386 g/mol. The van der Waals surface area contributed by atoms with Crippen LogP contribution in [0.25, 0.3) is 0 Å². The summed E-state index contributed by atoms with van der Waals surface area (Å²) >= 11 is 1.85. The van der Waals surface area contributed by atoms with Gasteiger partial charge in [0.1, 0.15) is 0 Å². The molecule has 1 saturated heterocycles. The fourth-order valence-corrected chi connectivity index (χ4v) is 5.13. The molecular weight excluding hydrogens is 364 g/mol. The van der Waals surface area contributed by atoms with E-state index in [-0.39, 0.29) is 17.4 Å². The zero-order valence-electron chi connectivity index (χ0n) is 15.1. The van der Waals surface area contributed by atoms with Crippen LogP contribution in [0.15, 0.2) is 15.4 Å². The second-order valence-electron chi connectivity index (χ2n) is 7.66. The van der Waals surface area contributed by atoms with Gasteiger partial charge in [0.25, 0.3) is 11.5 Å². The van der Waals surface area contributed by atoms with Crippen molar-refractivity contribution in [2.75, 3.05) is 18.8 Å². The highest BCUT2D eigenvalue weighted by Crippen LogP contribution is 2.27. The first-order chi connectivity index (χ1) is 13.2. The van der Waals surface area contributed by atoms with Crippen molar-refractivity contribution in [3.63, 3.8) is 0 Å². The topological polar surface area (TPSA) is 81.2 Å². The van der Waals surface area contributed by atoms with Crippen LogP contribution in [0.3, 0.4) is 0 Å². The number of fused-ring (bicyclic) bond motifs is 2. The number of carbonyl (C=O) groups excluding carboxylic acids is 1. The molecule has 7 nitrogen and oxygen atoms in total. The molecule has 1 amide bonds. The lowest BCUT2D eigenvalue weighted by Gasteiger charge is -2.38. The zero-order valence-corrected chi connectivity index (χ0v) is 16.0. The van der Waals surface area contributed by atoms with E-state index in [9.17, 15) is 9.59 Å². The summed E-state index contributed by atoms with van der Waals surface area (Å²) in [5, 5.41) is 8.65. The van der Waals surface area contributed by atoms with Gasteiger partial charge >= 0.3 is 0 Å². The first kappa shape index (κ1) is 17.0. The molecule has 0 atom stereocenters. The largest absolute Gasteiger partial charge is 0.350 e. The summed E-state index contributed by atoms with van der Waals surface area (Å²) in [4.78, 5) is 26.8. The van der Waals surface area contributed by atoms with Crippen molar-refractivity contribution in [1.29, 1.82) is 0 Å². The van der Waals surface area contributed by atoms with E-state index >= 15 is 0 Å². The van der Waals surface area contributed by atoms with Crippen molar-refractivity contribution >= 4 is 17.7 Å². The average Bonchev–Trinajstić information content (AvgIpc) is 3.08. The van der Waals surface area contributed by atoms with Crippen LogP contribution < -0.4 is 5.56 Å². The molecule has 142 valence electrons. The Kier molecular flexibility index (Phi) is 4.30. The Labute approximate surface area is 161 Å². The summed E-state index contributed by atoms with van der Waals surface area (Å²) < 4.78 is 6.94. The number of hydrogen-bond donors (Lipinski definition) is 0. The summed E-state index contributed by atoms with van der Waals surface area (Å²) in [6, 6.07) is 1.73. The summed E-state index contributed by atoms with van der Waals surface area (Å²) in [5.74, 6) is 2.56. The molecule has 27 heavy (non-hydrogen) atoms. The smallest absolute Gasteiger partial charge is 0.292 e. The van der Waals surface area contributed by atoms with Gasteiger partial charge < -0.3 is 9.42 Å². The van der Waals surface area contributed by atoms with Crippen LogP contribution in [0.1, 0.15) is 45.9 Å². The molecule has 5 rings (SSSR count). The molecule has 0 N–H and O–H groups in total. The van der Waals surface area contributed by atoms with E-state index in [1.54, 1.807) is 15.6 Å². The highest BCUT2D eigenvalue weighted by molar-refractivity contribution is 7.98. The SMILES string of the molecule is O=C(c1onc2c1CCCC2)N1CC(Cn2nc3c(cc2=O)CSCC3)C1. The molecule has 1 aliphatic carbocycles. The number of carbonyl (C=O) groups is 1. The van der Waals surface area contributed by atoms with E-state index in [2.05, 4.69) is 10.3 Å². The number of rotatable bonds is 3. The Bertz CT molecular complexity index is 945. The highest BCUT2D eigenvalue weighted by atomic mass is 32.2. The van der Waals surface area contributed by atoms with E-state index < -0.39 is 0 Å². The standard InChI is InChI=1S/C19H22N4O3S/c24-17-7-13-11-27-6-5-15(13)20-23(17)10-12-8-22(9-12)19(25)18-14-3-1-2-4-16(14)21-26-18/h7,12H,1-6,8-11H2. The van der Waals surface area contributed by atoms with Gasteiger partial charge in [-0.15, -0.1) is 0 Å². The maximum absolute atomic E-state index is 12.7. The summed E-state index contributed by atoms with van der Waals surface area (Å²) in [7, 11) is 0. The predicted molar refractivity (Wildman–Crippen MR) is 101 cm³/mol. The Hall–Kier alpha value is -2.09. The molecule has 0 spiro atoms. The van der Waals surface area contributed by atoms with Gasteiger partial charge in [0, 0.05) is 42.8 Å². The first-order valence-corrected chi connectivity index (χ1v) is 10.8. The Morgan fingerprint density at radius 1 is 1.22 bits per heavy atom. The number of hydrogen-bond acceptors (Lipinski definition) is 6. The zero-order chi connectivity index (χ0) is 18.4. The number of nitrogens with zero attached hydrogens (tertiary/aromatic N) is 4. The van der Waals surface area contributed by atoms with Crippen LogP contribution in [0.5, 0.6) is 0 Å². The minimum atomic E-state index is -0.0651. The number of aromatic nitrogens is 3. The lowest BCUT2D eigenvalue weighted by Crippen LogP contribution is -2.52. The number of thioether (sulfide) groups is 1. The molecule has 0 saturated carbocycles. The molecule has 2 aromatic heterocycles. The average molecular weight is 386 g/mol. The lowest BCUT2D eigenvalue weighted by atomic mass is 9.94. The predicted octanol–water partition coefficient (Wildman–Crippen LogP) is 1.67. The molecule has 0 unspecified atom stereocenters. The van der Waals surface area contributed by atoms with E-state index in [1.165, 1.54) is 0 Å². The van der Waals surface area contributed by atoms with E-state index in [0.29, 0.717) is 25.4 Å². The van der Waals surface area contributed by atoms with Crippen LogP contribution in [0.4, 0.5) is 0 Å². The molecule has 0 bridgehead atoms. The van der Waals surface area contributed by atoms with Gasteiger partial charge in [-0.3, -0.25) is 9.59 Å². The fourth-order valence-electron chi connectivity index (χ4n) is 4.18. The number of likely N-dealkylation sites (tertiary alicyclic amines) is 1. The van der Waals surface area contributed by atoms with Crippen LogP contribution >= 0.6 is 11.8 Å². The van der Waals surface area contributed by atoms with Crippen molar-refractivity contribution in [3.8, 4) is 0 Å².